The van der Waals surface area contributed by atoms with E-state index in [0.717, 1.165) is 9.35 Å². The summed E-state index contributed by atoms with van der Waals surface area (Å²) < 4.78 is 30.8. The van der Waals surface area contributed by atoms with Crippen LogP contribution in [-0.4, -0.2) is 38.1 Å². The summed E-state index contributed by atoms with van der Waals surface area (Å²) in [5.41, 5.74) is 0. The van der Waals surface area contributed by atoms with E-state index in [9.17, 15) is 13.2 Å². The lowest BCUT2D eigenvalue weighted by atomic mass is 10.5. The maximum absolute atomic E-state index is 12.0. The Morgan fingerprint density at radius 1 is 1.53 bits per heavy atom. The highest BCUT2D eigenvalue weighted by molar-refractivity contribution is 9.10. The van der Waals surface area contributed by atoms with Crippen LogP contribution in [0.3, 0.4) is 0 Å². The third kappa shape index (κ3) is 5.60. The van der Waals surface area contributed by atoms with Crippen molar-refractivity contribution < 1.29 is 17.9 Å². The maximum Gasteiger partial charge on any atom is 0.306 e. The number of rotatable bonds is 7. The van der Waals surface area contributed by atoms with Crippen LogP contribution in [0, 0.1) is 0 Å². The van der Waals surface area contributed by atoms with Gasteiger partial charge in [0.1, 0.15) is 0 Å². The molecule has 0 saturated heterocycles. The van der Waals surface area contributed by atoms with Gasteiger partial charge in [-0.1, -0.05) is 0 Å². The number of halogens is 1. The highest BCUT2D eigenvalue weighted by Gasteiger charge is 2.20. The van der Waals surface area contributed by atoms with Crippen molar-refractivity contribution >= 4 is 43.3 Å². The number of carbonyl (C=O) groups is 1. The molecule has 108 valence electrons. The Hall–Kier alpha value is -0.440. The van der Waals surface area contributed by atoms with Crippen molar-refractivity contribution in [2.24, 2.45) is 0 Å². The van der Waals surface area contributed by atoms with Gasteiger partial charge in [-0.25, -0.2) is 8.42 Å². The van der Waals surface area contributed by atoms with Gasteiger partial charge in [-0.2, -0.15) is 4.31 Å². The Bertz CT molecular complexity index is 527. The topological polar surface area (TPSA) is 63.7 Å². The number of nitrogens with zero attached hydrogens (tertiary/aromatic N) is 1. The number of esters is 1. The fraction of sp³-hybridized carbons (Fsp3) is 0.545. The standard InChI is InChI=1S/C11H16BrNO4S2/c1-3-17-11(14)4-5-19(15,16)13(2)7-10-6-9(12)8-18-10/h6,8H,3-5,7H2,1-2H3. The molecule has 19 heavy (non-hydrogen) atoms. The summed E-state index contributed by atoms with van der Waals surface area (Å²) in [4.78, 5) is 12.1. The van der Waals surface area contributed by atoms with Gasteiger partial charge in [0.25, 0.3) is 0 Å². The minimum Gasteiger partial charge on any atom is -0.466 e. The molecule has 8 heteroatoms. The zero-order chi connectivity index (χ0) is 14.5. The molecule has 5 nitrogen and oxygen atoms in total. The molecule has 0 unspecified atom stereocenters. The predicted octanol–water partition coefficient (Wildman–Crippen LogP) is 2.23. The molecule has 0 spiro atoms. The predicted molar refractivity (Wildman–Crippen MR) is 78.5 cm³/mol. The van der Waals surface area contributed by atoms with Gasteiger partial charge in [0.15, 0.2) is 0 Å². The summed E-state index contributed by atoms with van der Waals surface area (Å²) in [5, 5.41) is 1.90. The van der Waals surface area contributed by atoms with Crippen LogP contribution in [0.4, 0.5) is 0 Å². The molecular formula is C11H16BrNO4S2. The van der Waals surface area contributed by atoms with E-state index in [0.29, 0.717) is 6.54 Å². The lowest BCUT2D eigenvalue weighted by Gasteiger charge is -2.15. The highest BCUT2D eigenvalue weighted by atomic mass is 79.9. The van der Waals surface area contributed by atoms with Crippen LogP contribution in [0.15, 0.2) is 15.9 Å². The van der Waals surface area contributed by atoms with Crippen molar-refractivity contribution in [1.29, 1.82) is 0 Å². The minimum absolute atomic E-state index is 0.116. The summed E-state index contributed by atoms with van der Waals surface area (Å²) in [6.07, 6.45) is -0.116. The van der Waals surface area contributed by atoms with E-state index in [1.807, 2.05) is 11.4 Å². The van der Waals surface area contributed by atoms with Crippen molar-refractivity contribution in [3.05, 3.63) is 20.8 Å². The van der Waals surface area contributed by atoms with Crippen molar-refractivity contribution in [2.75, 3.05) is 19.4 Å². The van der Waals surface area contributed by atoms with Crippen LogP contribution in [0.1, 0.15) is 18.2 Å². The molecule has 0 aliphatic carbocycles. The van der Waals surface area contributed by atoms with Gasteiger partial charge in [-0.3, -0.25) is 4.79 Å². The Morgan fingerprint density at radius 3 is 2.74 bits per heavy atom. The SMILES string of the molecule is CCOC(=O)CCS(=O)(=O)N(C)Cc1cc(Br)cs1. The molecule has 1 aromatic heterocycles. The average Bonchev–Trinajstić information content (AvgIpc) is 2.73. The van der Waals surface area contributed by atoms with E-state index in [-0.39, 0.29) is 18.8 Å². The van der Waals surface area contributed by atoms with Crippen molar-refractivity contribution in [3.63, 3.8) is 0 Å². The first-order valence-electron chi connectivity index (χ1n) is 5.67. The first-order chi connectivity index (χ1) is 8.85. The molecule has 1 aromatic rings. The molecule has 0 aliphatic heterocycles. The van der Waals surface area contributed by atoms with Crippen LogP contribution >= 0.6 is 27.3 Å². The molecule has 0 radical (unpaired) electrons. The summed E-state index contributed by atoms with van der Waals surface area (Å²) in [7, 11) is -1.93. The first kappa shape index (κ1) is 16.6. The largest absolute Gasteiger partial charge is 0.466 e. The van der Waals surface area contributed by atoms with Gasteiger partial charge in [-0.15, -0.1) is 11.3 Å². The van der Waals surface area contributed by atoms with E-state index in [2.05, 4.69) is 15.9 Å². The number of carbonyl (C=O) groups excluding carboxylic acids is 1. The lowest BCUT2D eigenvalue weighted by molar-refractivity contribution is -0.142. The van der Waals surface area contributed by atoms with E-state index in [4.69, 9.17) is 4.74 Å². The fourth-order valence-electron chi connectivity index (χ4n) is 1.36. The Labute approximate surface area is 125 Å². The van der Waals surface area contributed by atoms with Gasteiger partial charge >= 0.3 is 5.97 Å². The van der Waals surface area contributed by atoms with Crippen molar-refractivity contribution in [2.45, 2.75) is 19.9 Å². The Balaban J connectivity index is 2.54. The lowest BCUT2D eigenvalue weighted by Crippen LogP contribution is -2.29. The second kappa shape index (κ2) is 7.37. The van der Waals surface area contributed by atoms with Gasteiger partial charge in [0.05, 0.1) is 18.8 Å². The molecule has 1 heterocycles. The molecule has 0 aromatic carbocycles. The molecule has 0 bridgehead atoms. The number of sulfonamides is 1. The Kier molecular flexibility index (Phi) is 6.45. The van der Waals surface area contributed by atoms with Gasteiger partial charge in [0.2, 0.25) is 10.0 Å². The first-order valence-corrected chi connectivity index (χ1v) is 8.96. The zero-order valence-electron chi connectivity index (χ0n) is 10.8. The van der Waals surface area contributed by atoms with Crippen LogP contribution in [0.25, 0.3) is 0 Å². The molecule has 0 fully saturated rings. The third-order valence-electron chi connectivity index (χ3n) is 2.34. The van der Waals surface area contributed by atoms with Crippen LogP contribution in [0.5, 0.6) is 0 Å². The smallest absolute Gasteiger partial charge is 0.306 e. The third-order valence-corrected chi connectivity index (χ3v) is 5.83. The van der Waals surface area contributed by atoms with E-state index < -0.39 is 16.0 Å². The molecule has 0 aliphatic rings. The van der Waals surface area contributed by atoms with E-state index >= 15 is 0 Å². The molecule has 1 rings (SSSR count). The van der Waals surface area contributed by atoms with Gasteiger partial charge in [-0.05, 0) is 28.9 Å². The second-order valence-corrected chi connectivity index (χ2v) is 7.97. The summed E-state index contributed by atoms with van der Waals surface area (Å²) >= 11 is 4.80. The zero-order valence-corrected chi connectivity index (χ0v) is 14.0. The molecule has 0 atom stereocenters. The van der Waals surface area contributed by atoms with Crippen molar-refractivity contribution in [3.8, 4) is 0 Å². The summed E-state index contributed by atoms with van der Waals surface area (Å²) in [5.74, 6) is -0.715. The quantitative estimate of drug-likeness (QED) is 0.691. The molecule has 0 saturated carbocycles. The molecular weight excluding hydrogens is 354 g/mol. The van der Waals surface area contributed by atoms with Gasteiger partial charge < -0.3 is 4.74 Å². The van der Waals surface area contributed by atoms with Crippen LogP contribution in [0.2, 0.25) is 0 Å². The highest BCUT2D eigenvalue weighted by Crippen LogP contribution is 2.21. The fourth-order valence-corrected chi connectivity index (χ4v) is 4.01. The average molecular weight is 370 g/mol. The number of thiophene rings is 1. The van der Waals surface area contributed by atoms with Crippen LogP contribution in [-0.2, 0) is 26.1 Å². The monoisotopic (exact) mass is 369 g/mol. The van der Waals surface area contributed by atoms with Crippen LogP contribution < -0.4 is 0 Å². The van der Waals surface area contributed by atoms with Gasteiger partial charge in [0, 0.05) is 28.3 Å². The summed E-state index contributed by atoms with van der Waals surface area (Å²) in [6.45, 7) is 2.26. The molecule has 0 N–H and O–H groups in total. The van der Waals surface area contributed by atoms with E-state index in [1.54, 1.807) is 6.92 Å². The van der Waals surface area contributed by atoms with E-state index in [1.165, 1.54) is 22.7 Å². The minimum atomic E-state index is -3.44. The number of ether oxygens (including phenoxy) is 1. The maximum atomic E-state index is 12.0. The molecule has 0 amide bonds. The summed E-state index contributed by atoms with van der Waals surface area (Å²) in [6, 6.07) is 1.88. The normalized spacial score (nSPS) is 11.8. The number of hydrogen-bond acceptors (Lipinski definition) is 5. The number of hydrogen-bond donors (Lipinski definition) is 0. The van der Waals surface area contributed by atoms with Crippen molar-refractivity contribution in [1.82, 2.24) is 4.31 Å². The Morgan fingerprint density at radius 2 is 2.21 bits per heavy atom. The second-order valence-electron chi connectivity index (χ2n) is 3.86.